The van der Waals surface area contributed by atoms with Crippen molar-refractivity contribution in [2.75, 3.05) is 25.1 Å². The van der Waals surface area contributed by atoms with Gasteiger partial charge >= 0.3 is 7.60 Å². The zero-order valence-corrected chi connectivity index (χ0v) is 13.7. The van der Waals surface area contributed by atoms with Crippen molar-refractivity contribution < 1.29 is 22.0 Å². The van der Waals surface area contributed by atoms with Gasteiger partial charge in [0, 0.05) is 0 Å². The first kappa shape index (κ1) is 17.4. The molecule has 0 aliphatic heterocycles. The molecule has 0 bridgehead atoms. The van der Waals surface area contributed by atoms with E-state index in [4.69, 9.17) is 9.05 Å². The van der Waals surface area contributed by atoms with Crippen molar-refractivity contribution in [3.63, 3.8) is 0 Å². The molecular weight excluding hydrogens is 299 g/mol. The highest BCUT2D eigenvalue weighted by atomic mass is 32.2. The Morgan fingerprint density at radius 3 is 2.00 bits per heavy atom. The van der Waals surface area contributed by atoms with Crippen molar-refractivity contribution in [1.29, 1.82) is 0 Å². The minimum atomic E-state index is -3.48. The molecule has 0 aliphatic rings. The molecule has 5 nitrogen and oxygen atoms in total. The van der Waals surface area contributed by atoms with Crippen LogP contribution in [0.2, 0.25) is 0 Å². The molecule has 0 aromatic heterocycles. The lowest BCUT2D eigenvalue weighted by atomic mass is 10.2. The topological polar surface area (TPSA) is 69.7 Å². The average molecular weight is 320 g/mol. The molecule has 0 fully saturated rings. The largest absolute Gasteiger partial charge is 0.331 e. The molecule has 20 heavy (non-hydrogen) atoms. The fraction of sp³-hybridized carbons (Fsp3) is 0.538. The van der Waals surface area contributed by atoms with Crippen LogP contribution in [0.15, 0.2) is 29.2 Å². The van der Waals surface area contributed by atoms with Gasteiger partial charge in [-0.25, -0.2) is 8.42 Å². The monoisotopic (exact) mass is 320 g/mol. The van der Waals surface area contributed by atoms with E-state index in [0.717, 1.165) is 5.56 Å². The Hall–Kier alpha value is -0.680. The van der Waals surface area contributed by atoms with Crippen molar-refractivity contribution in [3.05, 3.63) is 29.8 Å². The molecule has 0 saturated carbocycles. The van der Waals surface area contributed by atoms with Gasteiger partial charge in [-0.1, -0.05) is 17.7 Å². The summed E-state index contributed by atoms with van der Waals surface area (Å²) in [7, 11) is -6.80. The molecule has 114 valence electrons. The summed E-state index contributed by atoms with van der Waals surface area (Å²) in [4.78, 5) is 0.225. The van der Waals surface area contributed by atoms with Gasteiger partial charge in [0.1, 0.15) is 0 Å². The third kappa shape index (κ3) is 5.02. The first-order chi connectivity index (χ1) is 9.33. The van der Waals surface area contributed by atoms with Crippen LogP contribution in [-0.2, 0) is 23.4 Å². The lowest BCUT2D eigenvalue weighted by molar-refractivity contribution is 0.221. The summed E-state index contributed by atoms with van der Waals surface area (Å²) >= 11 is 0. The molecule has 0 spiro atoms. The zero-order valence-electron chi connectivity index (χ0n) is 12.0. The molecule has 1 aromatic rings. The number of aryl methyl sites for hydroxylation is 1. The van der Waals surface area contributed by atoms with Crippen LogP contribution in [0.4, 0.5) is 0 Å². The van der Waals surface area contributed by atoms with Crippen molar-refractivity contribution in [2.45, 2.75) is 25.7 Å². The molecule has 0 N–H and O–H groups in total. The number of hydrogen-bond donors (Lipinski definition) is 0. The van der Waals surface area contributed by atoms with Gasteiger partial charge in [-0.05, 0) is 32.9 Å². The summed E-state index contributed by atoms with van der Waals surface area (Å²) in [6, 6.07) is 6.57. The molecule has 7 heteroatoms. The number of benzene rings is 1. The second-order valence-electron chi connectivity index (χ2n) is 4.30. The molecule has 0 amide bonds. The number of hydrogen-bond acceptors (Lipinski definition) is 5. The SMILES string of the molecule is CCOP(=O)(CCS(=O)(=O)c1ccc(C)cc1)OCC. The molecular formula is C13H21O5PS. The quantitative estimate of drug-likeness (QED) is 0.689. The molecule has 0 aliphatic carbocycles. The van der Waals surface area contributed by atoms with Gasteiger partial charge in [0.25, 0.3) is 0 Å². The van der Waals surface area contributed by atoms with E-state index in [1.54, 1.807) is 38.1 Å². The van der Waals surface area contributed by atoms with E-state index in [1.165, 1.54) is 0 Å². The standard InChI is InChI=1S/C13H21O5PS/c1-4-17-19(14,18-5-2)10-11-20(15,16)13-8-6-12(3)7-9-13/h6-9H,4-5,10-11H2,1-3H3. The first-order valence-corrected chi connectivity index (χ1v) is 9.88. The van der Waals surface area contributed by atoms with Crippen molar-refractivity contribution in [1.82, 2.24) is 0 Å². The highest BCUT2D eigenvalue weighted by Gasteiger charge is 2.27. The van der Waals surface area contributed by atoms with Crippen molar-refractivity contribution in [2.24, 2.45) is 0 Å². The van der Waals surface area contributed by atoms with Crippen molar-refractivity contribution >= 4 is 17.4 Å². The second kappa shape index (κ2) is 7.36. The maximum Gasteiger partial charge on any atom is 0.331 e. The Kier molecular flexibility index (Phi) is 6.40. The van der Waals surface area contributed by atoms with E-state index in [2.05, 4.69) is 0 Å². The summed E-state index contributed by atoms with van der Waals surface area (Å²) in [6.07, 6.45) is -0.134. The molecule has 0 radical (unpaired) electrons. The Labute approximate surface area is 120 Å². The van der Waals surface area contributed by atoms with E-state index >= 15 is 0 Å². The minimum Gasteiger partial charge on any atom is -0.309 e. The lowest BCUT2D eigenvalue weighted by Crippen LogP contribution is -2.13. The van der Waals surface area contributed by atoms with Crippen LogP contribution in [0.3, 0.4) is 0 Å². The molecule has 0 saturated heterocycles. The summed E-state index contributed by atoms with van der Waals surface area (Å²) in [5, 5.41) is 0. The van der Waals surface area contributed by atoms with Crippen LogP contribution in [-0.4, -0.2) is 33.5 Å². The lowest BCUT2D eigenvalue weighted by Gasteiger charge is -2.16. The van der Waals surface area contributed by atoms with Crippen molar-refractivity contribution in [3.8, 4) is 0 Å². The van der Waals surface area contributed by atoms with Crippen LogP contribution in [0.5, 0.6) is 0 Å². The highest BCUT2D eigenvalue weighted by molar-refractivity contribution is 7.91. The normalized spacial score (nSPS) is 12.6. The summed E-state index contributed by atoms with van der Waals surface area (Å²) in [5.74, 6) is -0.257. The van der Waals surface area contributed by atoms with E-state index in [0.29, 0.717) is 0 Å². The summed E-state index contributed by atoms with van der Waals surface area (Å²) < 4.78 is 46.7. The molecule has 1 rings (SSSR count). The van der Waals surface area contributed by atoms with E-state index in [-0.39, 0.29) is 30.0 Å². The fourth-order valence-electron chi connectivity index (χ4n) is 1.66. The Morgan fingerprint density at radius 1 is 1.05 bits per heavy atom. The second-order valence-corrected chi connectivity index (χ2v) is 8.60. The van der Waals surface area contributed by atoms with Gasteiger partial charge in [0.05, 0.1) is 30.0 Å². The Morgan fingerprint density at radius 2 is 1.55 bits per heavy atom. The Balaban J connectivity index is 2.81. The van der Waals surface area contributed by atoms with Gasteiger partial charge in [0.2, 0.25) is 0 Å². The predicted molar refractivity (Wildman–Crippen MR) is 79.0 cm³/mol. The van der Waals surface area contributed by atoms with Gasteiger partial charge in [-0.3, -0.25) is 4.57 Å². The van der Waals surface area contributed by atoms with Gasteiger partial charge < -0.3 is 9.05 Å². The van der Waals surface area contributed by atoms with Crippen LogP contribution < -0.4 is 0 Å². The maximum atomic E-state index is 12.2. The average Bonchev–Trinajstić information content (AvgIpc) is 2.38. The van der Waals surface area contributed by atoms with E-state index in [9.17, 15) is 13.0 Å². The molecule has 0 heterocycles. The third-order valence-electron chi connectivity index (χ3n) is 2.67. The van der Waals surface area contributed by atoms with Gasteiger partial charge in [-0.2, -0.15) is 0 Å². The van der Waals surface area contributed by atoms with E-state index in [1.807, 2.05) is 6.92 Å². The third-order valence-corrected chi connectivity index (χ3v) is 6.77. The highest BCUT2D eigenvalue weighted by Crippen LogP contribution is 2.48. The zero-order chi connectivity index (χ0) is 15.2. The van der Waals surface area contributed by atoms with Crippen LogP contribution in [0.1, 0.15) is 19.4 Å². The number of rotatable bonds is 8. The maximum absolute atomic E-state index is 12.2. The molecule has 1 aromatic carbocycles. The minimum absolute atomic E-state index is 0.134. The van der Waals surface area contributed by atoms with Gasteiger partial charge in [0.15, 0.2) is 9.84 Å². The summed E-state index contributed by atoms with van der Waals surface area (Å²) in [6.45, 7) is 5.72. The smallest absolute Gasteiger partial charge is 0.309 e. The van der Waals surface area contributed by atoms with Crippen LogP contribution >= 0.6 is 7.60 Å². The summed E-state index contributed by atoms with van der Waals surface area (Å²) in [5.41, 5.74) is 0.984. The van der Waals surface area contributed by atoms with E-state index < -0.39 is 17.4 Å². The van der Waals surface area contributed by atoms with Crippen LogP contribution in [0, 0.1) is 6.92 Å². The molecule has 0 atom stereocenters. The number of sulfone groups is 1. The fourth-order valence-corrected chi connectivity index (χ4v) is 5.42. The molecule has 0 unspecified atom stereocenters. The Bertz CT molecular complexity index is 555. The van der Waals surface area contributed by atoms with Crippen LogP contribution in [0.25, 0.3) is 0 Å². The predicted octanol–water partition coefficient (Wildman–Crippen LogP) is 3.03. The first-order valence-electron chi connectivity index (χ1n) is 6.50. The van der Waals surface area contributed by atoms with Gasteiger partial charge in [-0.15, -0.1) is 0 Å².